The van der Waals surface area contributed by atoms with Gasteiger partial charge in [-0.1, -0.05) is 7.43 Å². The zero-order chi connectivity index (χ0) is 56.7. The monoisotopic (exact) mass is 1070 g/mol. The van der Waals surface area contributed by atoms with Gasteiger partial charge in [0.05, 0.1) is 53.8 Å². The SMILES string of the molecule is C.CC(C)OC(=O)C(C)OC(=O)C(C)OC(=O)C1C(C(=O)OC(C)C(=O)OC(C)C(=O)OC(C)C)C1C(=O)OC(C)C(=O)OC(C)C(=O)OC(C)C.CC1OC(=O)C(C)OC1=O.O=C(O)C1C(C(=O)O)C1C(=O)O. The van der Waals surface area contributed by atoms with Crippen molar-refractivity contribution < 1.29 is 135 Å². The van der Waals surface area contributed by atoms with Gasteiger partial charge in [0.2, 0.25) is 0 Å². The summed E-state index contributed by atoms with van der Waals surface area (Å²) in [5.74, 6) is -23.6. The third kappa shape index (κ3) is 20.6. The van der Waals surface area contributed by atoms with Crippen LogP contribution in [0.15, 0.2) is 0 Å². The van der Waals surface area contributed by atoms with Crippen LogP contribution in [-0.2, 0) is 119 Å². The van der Waals surface area contributed by atoms with E-state index in [0.29, 0.717) is 0 Å². The summed E-state index contributed by atoms with van der Waals surface area (Å²) < 4.78 is 54.4. The lowest BCUT2D eigenvalue weighted by Crippen LogP contribution is -2.40. The Labute approximate surface area is 424 Å². The summed E-state index contributed by atoms with van der Waals surface area (Å²) in [6, 6.07) is 0. The number of ether oxygens (including phenoxy) is 11. The number of carbonyl (C=O) groups excluding carboxylic acids is 11. The van der Waals surface area contributed by atoms with Crippen LogP contribution in [0, 0.1) is 35.5 Å². The van der Waals surface area contributed by atoms with Crippen molar-refractivity contribution in [2.75, 3.05) is 0 Å². The van der Waals surface area contributed by atoms with Gasteiger partial charge in [-0.05, 0) is 96.9 Å². The summed E-state index contributed by atoms with van der Waals surface area (Å²) in [5, 5.41) is 25.1. The molecule has 0 bridgehead atoms. The minimum atomic E-state index is -1.64. The Kier molecular flexibility index (Phi) is 26.4. The topological polar surface area (TPSA) is 401 Å². The molecule has 0 aromatic heterocycles. The molecule has 1 heterocycles. The first-order chi connectivity index (χ1) is 33.5. The van der Waals surface area contributed by atoms with Crippen molar-refractivity contribution in [3.8, 4) is 0 Å². The Morgan fingerprint density at radius 3 is 0.689 bits per heavy atom. The van der Waals surface area contributed by atoms with E-state index in [4.69, 9.17) is 58.0 Å². The summed E-state index contributed by atoms with van der Waals surface area (Å²) in [6.45, 7) is 19.5. The van der Waals surface area contributed by atoms with E-state index in [9.17, 15) is 67.1 Å². The van der Waals surface area contributed by atoms with Crippen LogP contribution in [0.2, 0.25) is 0 Å². The van der Waals surface area contributed by atoms with Crippen LogP contribution >= 0.6 is 0 Å². The van der Waals surface area contributed by atoms with Gasteiger partial charge in [0, 0.05) is 0 Å². The highest BCUT2D eigenvalue weighted by Gasteiger charge is 2.67. The summed E-state index contributed by atoms with van der Waals surface area (Å²) in [7, 11) is 0. The molecule has 0 radical (unpaired) electrons. The van der Waals surface area contributed by atoms with Crippen molar-refractivity contribution in [3.63, 3.8) is 0 Å². The van der Waals surface area contributed by atoms with E-state index in [1.54, 1.807) is 41.5 Å². The van der Waals surface area contributed by atoms with Gasteiger partial charge in [0.25, 0.3) is 0 Å². The predicted octanol–water partition coefficient (Wildman–Crippen LogP) is 0.896. The van der Waals surface area contributed by atoms with Crippen LogP contribution in [0.1, 0.15) is 104 Å². The molecule has 74 heavy (non-hydrogen) atoms. The molecule has 1 aliphatic heterocycles. The Morgan fingerprint density at radius 2 is 0.514 bits per heavy atom. The fourth-order valence-electron chi connectivity index (χ4n) is 5.90. The maximum absolute atomic E-state index is 13.1. The van der Waals surface area contributed by atoms with Crippen LogP contribution in [0.3, 0.4) is 0 Å². The minimum Gasteiger partial charge on any atom is -0.481 e. The molecule has 3 fully saturated rings. The van der Waals surface area contributed by atoms with E-state index >= 15 is 0 Å². The molecule has 418 valence electrons. The van der Waals surface area contributed by atoms with E-state index in [2.05, 4.69) is 9.47 Å². The lowest BCUT2D eigenvalue weighted by molar-refractivity contribution is -0.191. The second-order valence-electron chi connectivity index (χ2n) is 17.3. The van der Waals surface area contributed by atoms with Gasteiger partial charge in [-0.3, -0.25) is 28.8 Å². The normalized spacial score (nSPS) is 23.5. The van der Waals surface area contributed by atoms with Crippen LogP contribution < -0.4 is 0 Å². The van der Waals surface area contributed by atoms with Gasteiger partial charge < -0.3 is 67.4 Å². The Hall–Kier alpha value is -7.42. The van der Waals surface area contributed by atoms with Gasteiger partial charge in [-0.2, -0.15) is 0 Å². The van der Waals surface area contributed by atoms with Crippen molar-refractivity contribution >= 4 is 83.6 Å². The predicted molar refractivity (Wildman–Crippen MR) is 239 cm³/mol. The van der Waals surface area contributed by atoms with Gasteiger partial charge in [-0.15, -0.1) is 0 Å². The highest BCUT2D eigenvalue weighted by atomic mass is 16.7. The number of hydrogen-bond acceptors (Lipinski definition) is 25. The molecule has 2 aliphatic carbocycles. The fourth-order valence-corrected chi connectivity index (χ4v) is 5.90. The van der Waals surface area contributed by atoms with Crippen molar-refractivity contribution in [3.05, 3.63) is 0 Å². The number of cyclic esters (lactones) is 2. The Bertz CT molecular complexity index is 1880. The first kappa shape index (κ1) is 66.6. The maximum atomic E-state index is 13.1. The van der Waals surface area contributed by atoms with E-state index in [0.717, 1.165) is 20.8 Å². The number of rotatable bonds is 21. The average molecular weight is 1070 g/mol. The summed E-state index contributed by atoms with van der Waals surface area (Å²) >= 11 is 0. The van der Waals surface area contributed by atoms with Crippen molar-refractivity contribution in [1.82, 2.24) is 0 Å². The number of carbonyl (C=O) groups is 14. The average Bonchev–Trinajstić information content (AvgIpc) is 4.19. The molecule has 28 heteroatoms. The van der Waals surface area contributed by atoms with Gasteiger partial charge in [0.15, 0.2) is 48.8 Å². The van der Waals surface area contributed by atoms with E-state index in [1.165, 1.54) is 34.6 Å². The molecule has 3 aliphatic rings. The molecule has 28 nitrogen and oxygen atoms in total. The fraction of sp³-hybridized carbons (Fsp3) is 0.696. The van der Waals surface area contributed by atoms with Crippen LogP contribution in [0.5, 0.6) is 0 Å². The number of esters is 11. The van der Waals surface area contributed by atoms with E-state index < -0.39 is 186 Å². The zero-order valence-electron chi connectivity index (χ0n) is 42.4. The first-order valence-electron chi connectivity index (χ1n) is 22.5. The van der Waals surface area contributed by atoms with Gasteiger partial charge in [-0.25, -0.2) is 38.4 Å². The lowest BCUT2D eigenvalue weighted by atomic mass is 10.3. The Morgan fingerprint density at radius 1 is 0.338 bits per heavy atom. The molecule has 2 saturated carbocycles. The molecule has 8 unspecified atom stereocenters. The van der Waals surface area contributed by atoms with Gasteiger partial charge in [0.1, 0.15) is 0 Å². The third-order valence-electron chi connectivity index (χ3n) is 9.77. The highest BCUT2D eigenvalue weighted by Crippen LogP contribution is 2.49. The Balaban J connectivity index is 0.00000187. The third-order valence-corrected chi connectivity index (χ3v) is 9.77. The molecule has 1 saturated heterocycles. The summed E-state index contributed by atoms with van der Waals surface area (Å²) in [4.78, 5) is 165. The lowest BCUT2D eigenvalue weighted by Gasteiger charge is -2.22. The molecule has 3 N–H and O–H groups in total. The van der Waals surface area contributed by atoms with Crippen molar-refractivity contribution in [1.29, 1.82) is 0 Å². The molecular formula is C46H66O28. The molecule has 3 rings (SSSR count). The van der Waals surface area contributed by atoms with Crippen molar-refractivity contribution in [2.45, 2.75) is 172 Å². The van der Waals surface area contributed by atoms with E-state index in [1.807, 2.05) is 0 Å². The minimum absolute atomic E-state index is 0. The van der Waals surface area contributed by atoms with Crippen LogP contribution in [-0.4, -0.2) is 166 Å². The standard InChI is InChI=1S/C33H48O18.C6H6O6.C6H8O4.CH4/c1-13(2)43-25(34)16(7)46-28(37)19(10)49-31(40)22-23(32(41)50-20(11)29(38)47-17(8)26(35)44-14(3)4)24(22)33(42)51-21(12)30(39)48-18(9)27(36)45-15(5)6;7-4(8)1-2(5(9)10)3(1)6(11)12;1-3-5(7)10-4(2)6(8)9-3;/h13-24H,1-12H3;1-3H,(H,7,8)(H,9,10)(H,11,12);3-4H,1-2H3;1H4. The second kappa shape index (κ2) is 29.3. The smallest absolute Gasteiger partial charge is 0.347 e. The second-order valence-corrected chi connectivity index (χ2v) is 17.3. The molecular weight excluding hydrogens is 1000 g/mol. The largest absolute Gasteiger partial charge is 0.481 e. The number of aliphatic carboxylic acids is 3. The highest BCUT2D eigenvalue weighted by molar-refractivity contribution is 5.99. The van der Waals surface area contributed by atoms with Crippen molar-refractivity contribution in [2.24, 2.45) is 35.5 Å². The first-order valence-corrected chi connectivity index (χ1v) is 22.5. The molecule has 8 atom stereocenters. The molecule has 0 spiro atoms. The van der Waals surface area contributed by atoms with Gasteiger partial charge >= 0.3 is 83.6 Å². The zero-order valence-corrected chi connectivity index (χ0v) is 42.4. The van der Waals surface area contributed by atoms with Crippen LogP contribution in [0.25, 0.3) is 0 Å². The summed E-state index contributed by atoms with van der Waals surface area (Å²) in [5.41, 5.74) is 0. The molecule has 0 amide bonds. The van der Waals surface area contributed by atoms with E-state index in [-0.39, 0.29) is 7.43 Å². The molecule has 0 aromatic carbocycles. The number of carboxylic acids is 3. The maximum Gasteiger partial charge on any atom is 0.347 e. The summed E-state index contributed by atoms with van der Waals surface area (Å²) in [6.07, 6.45) is -12.0. The van der Waals surface area contributed by atoms with Crippen LogP contribution in [0.4, 0.5) is 0 Å². The molecule has 0 aromatic rings. The number of hydrogen-bond donors (Lipinski definition) is 3. The number of carboxylic acid groups (broad SMARTS) is 3. The quantitative estimate of drug-likeness (QED) is 0.106.